The molecule has 1 unspecified atom stereocenters. The molecular formula is C14H14N4O2S. The lowest BCUT2D eigenvalue weighted by Crippen LogP contribution is -2.26. The highest BCUT2D eigenvalue weighted by Gasteiger charge is 2.20. The number of amides is 1. The third-order valence-electron chi connectivity index (χ3n) is 3.07. The van der Waals surface area contributed by atoms with E-state index >= 15 is 0 Å². The summed E-state index contributed by atoms with van der Waals surface area (Å²) in [7, 11) is 0. The number of carbonyl (C=O) groups is 1. The molecule has 108 valence electrons. The number of nitrogens with two attached hydrogens (primary N) is 1. The third-order valence-corrected chi connectivity index (χ3v) is 4.20. The molecule has 3 rings (SSSR count). The van der Waals surface area contributed by atoms with Gasteiger partial charge in [0, 0.05) is 11.6 Å². The van der Waals surface area contributed by atoms with Gasteiger partial charge in [0.15, 0.2) is 0 Å². The predicted molar refractivity (Wildman–Crippen MR) is 81.2 cm³/mol. The quantitative estimate of drug-likeness (QED) is 0.775. The SMILES string of the molecule is Cc1cnc(C(C)NC(=O)c2sc3ncccc3c2N)o1. The van der Waals surface area contributed by atoms with Crippen LogP contribution in [0.15, 0.2) is 28.9 Å². The second-order valence-electron chi connectivity index (χ2n) is 4.71. The fourth-order valence-corrected chi connectivity index (χ4v) is 2.98. The first-order valence-electron chi connectivity index (χ1n) is 6.42. The lowest BCUT2D eigenvalue weighted by Gasteiger charge is -2.09. The van der Waals surface area contributed by atoms with Gasteiger partial charge < -0.3 is 15.5 Å². The second kappa shape index (κ2) is 5.17. The Kier molecular flexibility index (Phi) is 3.34. The monoisotopic (exact) mass is 302 g/mol. The number of fused-ring (bicyclic) bond motifs is 1. The van der Waals surface area contributed by atoms with E-state index in [4.69, 9.17) is 10.2 Å². The summed E-state index contributed by atoms with van der Waals surface area (Å²) in [6.07, 6.45) is 3.30. The van der Waals surface area contributed by atoms with Gasteiger partial charge >= 0.3 is 0 Å². The number of aryl methyl sites for hydroxylation is 1. The van der Waals surface area contributed by atoms with E-state index in [2.05, 4.69) is 15.3 Å². The van der Waals surface area contributed by atoms with Crippen molar-refractivity contribution >= 4 is 33.1 Å². The van der Waals surface area contributed by atoms with Crippen LogP contribution in [0, 0.1) is 6.92 Å². The molecule has 0 fully saturated rings. The first-order valence-corrected chi connectivity index (χ1v) is 7.24. The number of rotatable bonds is 3. The highest BCUT2D eigenvalue weighted by molar-refractivity contribution is 7.21. The molecule has 1 atom stereocenters. The highest BCUT2D eigenvalue weighted by Crippen LogP contribution is 2.32. The standard InChI is InChI=1S/C14H14N4O2S/c1-7-6-17-13(20-7)8(2)18-12(19)11-10(15)9-4-3-5-16-14(9)21-11/h3-6,8H,15H2,1-2H3,(H,18,19). The number of hydrogen-bond acceptors (Lipinski definition) is 6. The minimum atomic E-state index is -0.330. The van der Waals surface area contributed by atoms with Gasteiger partial charge in [0.05, 0.1) is 11.9 Å². The van der Waals surface area contributed by atoms with Gasteiger partial charge in [0.25, 0.3) is 5.91 Å². The maximum atomic E-state index is 12.3. The van der Waals surface area contributed by atoms with Crippen LogP contribution in [-0.4, -0.2) is 15.9 Å². The number of carbonyl (C=O) groups excluding carboxylic acids is 1. The van der Waals surface area contributed by atoms with Crippen LogP contribution < -0.4 is 11.1 Å². The molecule has 3 N–H and O–H groups in total. The Morgan fingerprint density at radius 1 is 1.48 bits per heavy atom. The second-order valence-corrected chi connectivity index (χ2v) is 5.70. The van der Waals surface area contributed by atoms with E-state index in [-0.39, 0.29) is 11.9 Å². The molecule has 0 radical (unpaired) electrons. The van der Waals surface area contributed by atoms with E-state index in [1.54, 1.807) is 25.4 Å². The summed E-state index contributed by atoms with van der Waals surface area (Å²) in [5, 5.41) is 3.63. The summed E-state index contributed by atoms with van der Waals surface area (Å²) in [6, 6.07) is 3.32. The van der Waals surface area contributed by atoms with Crippen LogP contribution in [0.2, 0.25) is 0 Å². The molecule has 0 aliphatic heterocycles. The molecule has 0 spiro atoms. The van der Waals surface area contributed by atoms with Crippen LogP contribution in [0.25, 0.3) is 10.2 Å². The molecule has 0 aromatic carbocycles. The average molecular weight is 302 g/mol. The minimum absolute atomic E-state index is 0.251. The van der Waals surface area contributed by atoms with Gasteiger partial charge in [-0.15, -0.1) is 11.3 Å². The average Bonchev–Trinajstić information content (AvgIpc) is 3.04. The molecule has 7 heteroatoms. The van der Waals surface area contributed by atoms with Crippen LogP contribution in [-0.2, 0) is 0 Å². The van der Waals surface area contributed by atoms with Crippen molar-refractivity contribution in [1.82, 2.24) is 15.3 Å². The van der Waals surface area contributed by atoms with E-state index in [0.717, 1.165) is 10.2 Å². The van der Waals surface area contributed by atoms with Crippen molar-refractivity contribution in [2.75, 3.05) is 5.73 Å². The zero-order chi connectivity index (χ0) is 15.0. The Hall–Kier alpha value is -2.41. The molecule has 1 amide bonds. The van der Waals surface area contributed by atoms with E-state index in [1.807, 2.05) is 13.0 Å². The van der Waals surface area contributed by atoms with E-state index in [9.17, 15) is 4.79 Å². The van der Waals surface area contributed by atoms with Gasteiger partial charge in [-0.3, -0.25) is 4.79 Å². The number of nitrogens with one attached hydrogen (secondary N) is 1. The summed E-state index contributed by atoms with van der Waals surface area (Å²) < 4.78 is 5.41. The number of hydrogen-bond donors (Lipinski definition) is 2. The van der Waals surface area contributed by atoms with Crippen molar-refractivity contribution in [3.63, 3.8) is 0 Å². The van der Waals surface area contributed by atoms with Crippen LogP contribution in [0.4, 0.5) is 5.69 Å². The number of nitrogens with zero attached hydrogens (tertiary/aromatic N) is 2. The van der Waals surface area contributed by atoms with Crippen LogP contribution in [0.5, 0.6) is 0 Å². The molecule has 0 aliphatic carbocycles. The molecule has 3 heterocycles. The maximum Gasteiger partial charge on any atom is 0.264 e. The summed E-state index contributed by atoms with van der Waals surface area (Å²) in [6.45, 7) is 3.62. The van der Waals surface area contributed by atoms with Gasteiger partial charge in [-0.2, -0.15) is 0 Å². The molecule has 0 bridgehead atoms. The molecule has 0 saturated carbocycles. The minimum Gasteiger partial charge on any atom is -0.444 e. The Morgan fingerprint density at radius 2 is 2.29 bits per heavy atom. The number of oxazole rings is 1. The molecule has 21 heavy (non-hydrogen) atoms. The molecular weight excluding hydrogens is 288 g/mol. The van der Waals surface area contributed by atoms with Gasteiger partial charge in [-0.05, 0) is 26.0 Å². The Balaban J connectivity index is 1.85. The molecule has 6 nitrogen and oxygen atoms in total. The van der Waals surface area contributed by atoms with Crippen molar-refractivity contribution in [2.45, 2.75) is 19.9 Å². The third kappa shape index (κ3) is 2.47. The van der Waals surface area contributed by atoms with Gasteiger partial charge in [-0.1, -0.05) is 0 Å². The maximum absolute atomic E-state index is 12.3. The molecule has 3 aromatic rings. The lowest BCUT2D eigenvalue weighted by molar-refractivity contribution is 0.0939. The fourth-order valence-electron chi connectivity index (χ4n) is 2.02. The van der Waals surface area contributed by atoms with Crippen LogP contribution in [0.3, 0.4) is 0 Å². The number of aromatic nitrogens is 2. The van der Waals surface area contributed by atoms with Crippen molar-refractivity contribution in [2.24, 2.45) is 0 Å². The summed E-state index contributed by atoms with van der Waals surface area (Å²) >= 11 is 1.28. The summed E-state index contributed by atoms with van der Waals surface area (Å²) in [4.78, 5) is 21.9. The molecule has 0 aliphatic rings. The first-order chi connectivity index (χ1) is 10.1. The normalized spacial score (nSPS) is 12.5. The van der Waals surface area contributed by atoms with E-state index in [0.29, 0.717) is 22.2 Å². The topological polar surface area (TPSA) is 94.0 Å². The van der Waals surface area contributed by atoms with Crippen LogP contribution in [0.1, 0.15) is 34.3 Å². The highest BCUT2D eigenvalue weighted by atomic mass is 32.1. The van der Waals surface area contributed by atoms with Gasteiger partial charge in [0.2, 0.25) is 5.89 Å². The van der Waals surface area contributed by atoms with Crippen molar-refractivity contribution in [1.29, 1.82) is 0 Å². The zero-order valence-corrected chi connectivity index (χ0v) is 12.4. The van der Waals surface area contributed by atoms with Crippen molar-refractivity contribution < 1.29 is 9.21 Å². The Labute approximate surface area is 125 Å². The Morgan fingerprint density at radius 3 is 2.95 bits per heavy atom. The number of pyridine rings is 1. The lowest BCUT2D eigenvalue weighted by atomic mass is 10.2. The predicted octanol–water partition coefficient (Wildman–Crippen LogP) is 2.67. The summed E-state index contributed by atoms with van der Waals surface area (Å²) in [5.41, 5.74) is 6.48. The zero-order valence-electron chi connectivity index (χ0n) is 11.6. The number of anilines is 1. The Bertz CT molecular complexity index is 808. The van der Waals surface area contributed by atoms with Gasteiger partial charge in [-0.25, -0.2) is 9.97 Å². The van der Waals surface area contributed by atoms with E-state index in [1.165, 1.54) is 11.3 Å². The smallest absolute Gasteiger partial charge is 0.264 e. The molecule has 0 saturated heterocycles. The van der Waals surface area contributed by atoms with Crippen LogP contribution >= 0.6 is 11.3 Å². The fraction of sp³-hybridized carbons (Fsp3) is 0.214. The number of thiophene rings is 1. The number of nitrogen functional groups attached to an aromatic ring is 1. The largest absolute Gasteiger partial charge is 0.444 e. The summed E-state index contributed by atoms with van der Waals surface area (Å²) in [5.74, 6) is 0.925. The van der Waals surface area contributed by atoms with Gasteiger partial charge in [0.1, 0.15) is 21.5 Å². The van der Waals surface area contributed by atoms with Crippen molar-refractivity contribution in [3.05, 3.63) is 41.1 Å². The molecule has 3 aromatic heterocycles. The first kappa shape index (κ1) is 13.6. The van der Waals surface area contributed by atoms with E-state index < -0.39 is 0 Å². The van der Waals surface area contributed by atoms with Crippen molar-refractivity contribution in [3.8, 4) is 0 Å².